The standard InChI is InChI=1S/C13H11N5S.C8H17N/c1-8-5-9(6-10-7-17(2)15-11(8)10)12-16-18-4-3-14-13(18)19-12;1-9-7-6-8-4-2-3-5-8/h3-7H,1-2H3;8-9H,2-7H2,1H3. The van der Waals surface area contributed by atoms with Gasteiger partial charge in [-0.05, 0) is 50.6 Å². The van der Waals surface area contributed by atoms with Crippen molar-refractivity contribution in [2.75, 3.05) is 13.6 Å². The van der Waals surface area contributed by atoms with Crippen molar-refractivity contribution in [1.82, 2.24) is 29.7 Å². The fraction of sp³-hybridized carbons (Fsp3) is 0.476. The molecule has 148 valence electrons. The van der Waals surface area contributed by atoms with Gasteiger partial charge in [-0.3, -0.25) is 4.68 Å². The van der Waals surface area contributed by atoms with Gasteiger partial charge in [0.05, 0.1) is 11.7 Å². The summed E-state index contributed by atoms with van der Waals surface area (Å²) in [5.41, 5.74) is 3.34. The summed E-state index contributed by atoms with van der Waals surface area (Å²) < 4.78 is 3.65. The first-order chi connectivity index (χ1) is 13.6. The second kappa shape index (κ2) is 8.41. The number of aromatic nitrogens is 5. The highest BCUT2D eigenvalue weighted by Crippen LogP contribution is 2.29. The Balaban J connectivity index is 0.000000181. The van der Waals surface area contributed by atoms with Crippen LogP contribution in [0, 0.1) is 12.8 Å². The van der Waals surface area contributed by atoms with Crippen LogP contribution in [0.4, 0.5) is 0 Å². The number of hydrogen-bond donors (Lipinski definition) is 1. The molecule has 7 heteroatoms. The lowest BCUT2D eigenvalue weighted by Crippen LogP contribution is -2.11. The van der Waals surface area contributed by atoms with Crippen LogP contribution in [0.1, 0.15) is 37.7 Å². The lowest BCUT2D eigenvalue weighted by Gasteiger charge is -2.06. The van der Waals surface area contributed by atoms with Gasteiger partial charge in [0.2, 0.25) is 4.96 Å². The molecule has 6 nitrogen and oxygen atoms in total. The maximum Gasteiger partial charge on any atom is 0.212 e. The molecule has 1 fully saturated rings. The number of imidazole rings is 1. The molecule has 0 atom stereocenters. The minimum absolute atomic E-state index is 0.916. The molecule has 0 aliphatic heterocycles. The molecule has 1 aliphatic rings. The fourth-order valence-electron chi connectivity index (χ4n) is 3.95. The van der Waals surface area contributed by atoms with Crippen molar-refractivity contribution < 1.29 is 0 Å². The number of nitrogens with one attached hydrogen (secondary N) is 1. The molecule has 0 spiro atoms. The highest BCUT2D eigenvalue weighted by Gasteiger charge is 2.13. The van der Waals surface area contributed by atoms with E-state index in [4.69, 9.17) is 0 Å². The van der Waals surface area contributed by atoms with Gasteiger partial charge in [-0.25, -0.2) is 9.50 Å². The van der Waals surface area contributed by atoms with Gasteiger partial charge in [-0.1, -0.05) is 37.0 Å². The second-order valence-corrected chi connectivity index (χ2v) is 8.59. The Morgan fingerprint density at radius 2 is 2.04 bits per heavy atom. The summed E-state index contributed by atoms with van der Waals surface area (Å²) in [6, 6.07) is 4.27. The van der Waals surface area contributed by atoms with Crippen molar-refractivity contribution in [3.05, 3.63) is 36.3 Å². The van der Waals surface area contributed by atoms with E-state index in [9.17, 15) is 0 Å². The van der Waals surface area contributed by atoms with Crippen molar-refractivity contribution in [3.63, 3.8) is 0 Å². The smallest absolute Gasteiger partial charge is 0.212 e. The van der Waals surface area contributed by atoms with E-state index < -0.39 is 0 Å². The molecule has 5 rings (SSSR count). The van der Waals surface area contributed by atoms with Crippen LogP contribution in [-0.2, 0) is 7.05 Å². The Morgan fingerprint density at radius 1 is 1.21 bits per heavy atom. The normalized spacial score (nSPS) is 14.7. The number of hydrogen-bond acceptors (Lipinski definition) is 5. The Morgan fingerprint density at radius 3 is 2.79 bits per heavy atom. The van der Waals surface area contributed by atoms with Crippen LogP contribution >= 0.6 is 11.3 Å². The first-order valence-corrected chi connectivity index (χ1v) is 10.8. The van der Waals surface area contributed by atoms with E-state index in [1.165, 1.54) is 44.2 Å². The molecular weight excluding hydrogens is 368 g/mol. The maximum absolute atomic E-state index is 4.54. The molecule has 0 bridgehead atoms. The van der Waals surface area contributed by atoms with Gasteiger partial charge in [0, 0.05) is 30.4 Å². The van der Waals surface area contributed by atoms with Crippen LogP contribution in [0.3, 0.4) is 0 Å². The molecule has 0 unspecified atom stereocenters. The van der Waals surface area contributed by atoms with Gasteiger partial charge in [0.1, 0.15) is 5.01 Å². The minimum Gasteiger partial charge on any atom is -0.320 e. The monoisotopic (exact) mass is 396 g/mol. The summed E-state index contributed by atoms with van der Waals surface area (Å²) in [5, 5.41) is 14.3. The van der Waals surface area contributed by atoms with E-state index in [0.29, 0.717) is 0 Å². The molecule has 4 aromatic rings. The lowest BCUT2D eigenvalue weighted by atomic mass is 10.0. The van der Waals surface area contributed by atoms with Crippen LogP contribution in [0.25, 0.3) is 26.4 Å². The number of rotatable bonds is 4. The van der Waals surface area contributed by atoms with E-state index in [1.807, 2.05) is 35.7 Å². The molecule has 1 aliphatic carbocycles. The second-order valence-electron chi connectivity index (χ2n) is 7.64. The average Bonchev–Trinajstić information content (AvgIpc) is 3.43. The zero-order valence-electron chi connectivity index (χ0n) is 16.9. The summed E-state index contributed by atoms with van der Waals surface area (Å²) in [6.45, 7) is 3.29. The van der Waals surface area contributed by atoms with Crippen molar-refractivity contribution >= 4 is 27.2 Å². The van der Waals surface area contributed by atoms with Crippen LogP contribution in [0.15, 0.2) is 30.7 Å². The molecule has 3 aromatic heterocycles. The molecule has 0 amide bonds. The first-order valence-electron chi connectivity index (χ1n) is 10.0. The summed E-state index contributed by atoms with van der Waals surface area (Å²) in [6.07, 6.45) is 13.0. The van der Waals surface area contributed by atoms with Gasteiger partial charge >= 0.3 is 0 Å². The summed E-state index contributed by atoms with van der Waals surface area (Å²) in [5.74, 6) is 1.05. The third-order valence-electron chi connectivity index (χ3n) is 5.41. The van der Waals surface area contributed by atoms with E-state index in [1.54, 1.807) is 17.5 Å². The van der Waals surface area contributed by atoms with Crippen molar-refractivity contribution in [2.45, 2.75) is 39.0 Å². The Bertz CT molecular complexity index is 1030. The molecular formula is C21H28N6S. The largest absolute Gasteiger partial charge is 0.320 e. The van der Waals surface area contributed by atoms with Crippen molar-refractivity contribution in [1.29, 1.82) is 0 Å². The minimum atomic E-state index is 0.916. The molecule has 1 N–H and O–H groups in total. The maximum atomic E-state index is 4.54. The van der Waals surface area contributed by atoms with Crippen LogP contribution in [0.5, 0.6) is 0 Å². The zero-order chi connectivity index (χ0) is 19.5. The molecule has 28 heavy (non-hydrogen) atoms. The predicted octanol–water partition coefficient (Wildman–Crippen LogP) is 4.44. The molecule has 0 saturated heterocycles. The molecule has 1 saturated carbocycles. The SMILES string of the molecule is CNCCC1CCCC1.Cc1cc(-c2nn3ccnc3s2)cc2cn(C)nc12. The average molecular weight is 397 g/mol. The molecule has 3 heterocycles. The topological polar surface area (TPSA) is 60.0 Å². The number of benzene rings is 1. The van der Waals surface area contributed by atoms with Gasteiger partial charge in [0.25, 0.3) is 0 Å². The van der Waals surface area contributed by atoms with E-state index in [0.717, 1.165) is 32.4 Å². The number of fused-ring (bicyclic) bond motifs is 2. The zero-order valence-corrected chi connectivity index (χ0v) is 17.7. The predicted molar refractivity (Wildman–Crippen MR) is 116 cm³/mol. The van der Waals surface area contributed by atoms with Crippen molar-refractivity contribution in [2.24, 2.45) is 13.0 Å². The number of aryl methyl sites for hydroxylation is 2. The quantitative estimate of drug-likeness (QED) is 0.554. The lowest BCUT2D eigenvalue weighted by molar-refractivity contribution is 0.491. The van der Waals surface area contributed by atoms with E-state index in [-0.39, 0.29) is 0 Å². The van der Waals surface area contributed by atoms with Gasteiger partial charge in [-0.15, -0.1) is 0 Å². The van der Waals surface area contributed by atoms with Crippen molar-refractivity contribution in [3.8, 4) is 10.6 Å². The third kappa shape index (κ3) is 4.10. The fourth-order valence-corrected chi connectivity index (χ4v) is 4.80. The Kier molecular flexibility index (Phi) is 5.73. The third-order valence-corrected chi connectivity index (χ3v) is 6.40. The van der Waals surface area contributed by atoms with Gasteiger partial charge in [0.15, 0.2) is 0 Å². The molecule has 0 radical (unpaired) electrons. The van der Waals surface area contributed by atoms with Gasteiger partial charge in [-0.2, -0.15) is 10.2 Å². The Hall–Kier alpha value is -2.25. The number of nitrogens with zero attached hydrogens (tertiary/aromatic N) is 5. The molecule has 1 aromatic carbocycles. The summed E-state index contributed by atoms with van der Waals surface area (Å²) >= 11 is 1.59. The van der Waals surface area contributed by atoms with E-state index >= 15 is 0 Å². The summed E-state index contributed by atoms with van der Waals surface area (Å²) in [7, 11) is 3.98. The highest BCUT2D eigenvalue weighted by atomic mass is 32.1. The summed E-state index contributed by atoms with van der Waals surface area (Å²) in [4.78, 5) is 5.17. The highest BCUT2D eigenvalue weighted by molar-refractivity contribution is 7.19. The van der Waals surface area contributed by atoms with Crippen LogP contribution in [-0.4, -0.2) is 38.0 Å². The van der Waals surface area contributed by atoms with Gasteiger partial charge < -0.3 is 5.32 Å². The van der Waals surface area contributed by atoms with Crippen LogP contribution < -0.4 is 5.32 Å². The van der Waals surface area contributed by atoms with E-state index in [2.05, 4.69) is 39.6 Å². The first kappa shape index (κ1) is 19.1. The van der Waals surface area contributed by atoms with Crippen LogP contribution in [0.2, 0.25) is 0 Å². The Labute approximate surface area is 169 Å².